The van der Waals surface area contributed by atoms with E-state index >= 15 is 0 Å². The van der Waals surface area contributed by atoms with Crippen molar-refractivity contribution in [1.29, 1.82) is 0 Å². The van der Waals surface area contributed by atoms with Gasteiger partial charge >= 0.3 is 0 Å². The van der Waals surface area contributed by atoms with Gasteiger partial charge in [0, 0.05) is 31.0 Å². The summed E-state index contributed by atoms with van der Waals surface area (Å²) in [7, 11) is 0. The number of nitrogens with zero attached hydrogens (tertiary/aromatic N) is 2. The van der Waals surface area contributed by atoms with Gasteiger partial charge in [0.15, 0.2) is 0 Å². The lowest BCUT2D eigenvalue weighted by molar-refractivity contribution is 0.0302. The van der Waals surface area contributed by atoms with Crippen molar-refractivity contribution in [3.8, 4) is 0 Å². The Bertz CT molecular complexity index is 299. The fourth-order valence-electron chi connectivity index (χ4n) is 2.18. The maximum absolute atomic E-state index is 5.83. The van der Waals surface area contributed by atoms with Gasteiger partial charge in [0.05, 0.1) is 12.7 Å². The van der Waals surface area contributed by atoms with Gasteiger partial charge in [-0.3, -0.25) is 0 Å². The molecule has 1 aromatic heterocycles. The number of aromatic nitrogens is 2. The van der Waals surface area contributed by atoms with Crippen LogP contribution in [-0.2, 0) is 11.3 Å². The molecule has 1 aliphatic rings. The van der Waals surface area contributed by atoms with Crippen LogP contribution in [0.25, 0.3) is 0 Å². The monoisotopic (exact) mass is 235 g/mol. The van der Waals surface area contributed by atoms with E-state index in [0.29, 0.717) is 6.10 Å². The molecule has 0 atom stereocenters. The number of nitrogens with one attached hydrogen (secondary N) is 1. The Hall–Kier alpha value is -1.00. The maximum atomic E-state index is 5.83. The molecule has 0 unspecified atom stereocenters. The Morgan fingerprint density at radius 1 is 1.18 bits per heavy atom. The molecule has 4 heteroatoms. The van der Waals surface area contributed by atoms with Gasteiger partial charge in [-0.2, -0.15) is 0 Å². The molecular weight excluding hydrogens is 214 g/mol. The number of ether oxygens (including phenoxy) is 1. The van der Waals surface area contributed by atoms with Gasteiger partial charge in [-0.05, 0) is 12.8 Å². The molecule has 1 N–H and O–H groups in total. The highest BCUT2D eigenvalue weighted by Gasteiger charge is 2.12. The first-order valence-electron chi connectivity index (χ1n) is 6.51. The van der Waals surface area contributed by atoms with E-state index in [-0.39, 0.29) is 0 Å². The van der Waals surface area contributed by atoms with Crippen molar-refractivity contribution in [3.63, 3.8) is 0 Å². The van der Waals surface area contributed by atoms with E-state index in [2.05, 4.69) is 15.3 Å². The van der Waals surface area contributed by atoms with Gasteiger partial charge < -0.3 is 10.1 Å². The van der Waals surface area contributed by atoms with Crippen LogP contribution in [0.2, 0.25) is 0 Å². The zero-order valence-corrected chi connectivity index (χ0v) is 10.3. The van der Waals surface area contributed by atoms with E-state index in [9.17, 15) is 0 Å². The Morgan fingerprint density at radius 3 is 2.71 bits per heavy atom. The quantitative estimate of drug-likeness (QED) is 0.765. The van der Waals surface area contributed by atoms with Crippen molar-refractivity contribution >= 4 is 0 Å². The molecule has 1 heterocycles. The van der Waals surface area contributed by atoms with Crippen LogP contribution in [0, 0.1) is 0 Å². The second-order valence-corrected chi connectivity index (χ2v) is 4.55. The SMILES string of the molecule is c1ncc(CNCCOC2CCCCC2)cn1. The third-order valence-electron chi connectivity index (χ3n) is 3.13. The third kappa shape index (κ3) is 4.79. The second-order valence-electron chi connectivity index (χ2n) is 4.55. The van der Waals surface area contributed by atoms with Crippen molar-refractivity contribution < 1.29 is 4.74 Å². The minimum absolute atomic E-state index is 0.505. The minimum Gasteiger partial charge on any atom is -0.377 e. The van der Waals surface area contributed by atoms with E-state index in [1.807, 2.05) is 12.4 Å². The van der Waals surface area contributed by atoms with Crippen LogP contribution in [0.1, 0.15) is 37.7 Å². The average molecular weight is 235 g/mol. The molecule has 1 aliphatic carbocycles. The maximum Gasteiger partial charge on any atom is 0.115 e. The number of hydrogen-bond donors (Lipinski definition) is 1. The average Bonchev–Trinajstić information content (AvgIpc) is 2.41. The molecule has 0 amide bonds. The molecule has 1 aromatic rings. The standard InChI is InChI=1S/C13H21N3O/c1-2-4-13(5-3-1)17-7-6-14-8-12-9-15-11-16-10-12/h9-11,13-14H,1-8H2. The van der Waals surface area contributed by atoms with Crippen molar-refractivity contribution in [1.82, 2.24) is 15.3 Å². The first kappa shape index (κ1) is 12.5. The van der Waals surface area contributed by atoms with Crippen LogP contribution in [0.15, 0.2) is 18.7 Å². The molecular formula is C13H21N3O. The molecule has 17 heavy (non-hydrogen) atoms. The summed E-state index contributed by atoms with van der Waals surface area (Å²) in [6, 6.07) is 0. The Kier molecular flexibility index (Phi) is 5.39. The summed E-state index contributed by atoms with van der Waals surface area (Å²) in [5.74, 6) is 0. The van der Waals surface area contributed by atoms with Crippen LogP contribution >= 0.6 is 0 Å². The lowest BCUT2D eigenvalue weighted by Gasteiger charge is -2.22. The molecule has 4 nitrogen and oxygen atoms in total. The van der Waals surface area contributed by atoms with Crippen LogP contribution in [0.5, 0.6) is 0 Å². The van der Waals surface area contributed by atoms with Gasteiger partial charge in [0.2, 0.25) is 0 Å². The largest absolute Gasteiger partial charge is 0.377 e. The fraction of sp³-hybridized carbons (Fsp3) is 0.692. The van der Waals surface area contributed by atoms with E-state index in [4.69, 9.17) is 4.74 Å². The zero-order chi connectivity index (χ0) is 11.8. The van der Waals surface area contributed by atoms with Gasteiger partial charge in [-0.25, -0.2) is 9.97 Å². The predicted molar refractivity (Wildman–Crippen MR) is 66.6 cm³/mol. The van der Waals surface area contributed by atoms with Crippen LogP contribution in [0.4, 0.5) is 0 Å². The van der Waals surface area contributed by atoms with Crippen molar-refractivity contribution in [3.05, 3.63) is 24.3 Å². The van der Waals surface area contributed by atoms with Crippen molar-refractivity contribution in [2.45, 2.75) is 44.8 Å². The van der Waals surface area contributed by atoms with E-state index in [1.165, 1.54) is 32.1 Å². The van der Waals surface area contributed by atoms with Crippen LogP contribution in [-0.4, -0.2) is 29.2 Å². The fourth-order valence-corrected chi connectivity index (χ4v) is 2.18. The van der Waals surface area contributed by atoms with E-state index in [0.717, 1.165) is 25.3 Å². The molecule has 0 spiro atoms. The van der Waals surface area contributed by atoms with Gasteiger partial charge in [-0.15, -0.1) is 0 Å². The highest BCUT2D eigenvalue weighted by atomic mass is 16.5. The minimum atomic E-state index is 0.505. The highest BCUT2D eigenvalue weighted by Crippen LogP contribution is 2.19. The Morgan fingerprint density at radius 2 is 1.94 bits per heavy atom. The number of rotatable bonds is 6. The topological polar surface area (TPSA) is 47.0 Å². The smallest absolute Gasteiger partial charge is 0.115 e. The summed E-state index contributed by atoms with van der Waals surface area (Å²) in [6.07, 6.45) is 12.3. The van der Waals surface area contributed by atoms with Gasteiger partial charge in [0.1, 0.15) is 6.33 Å². The first-order chi connectivity index (χ1) is 8.45. The molecule has 0 saturated heterocycles. The molecule has 0 aromatic carbocycles. The molecule has 1 fully saturated rings. The lowest BCUT2D eigenvalue weighted by Crippen LogP contribution is -2.24. The highest BCUT2D eigenvalue weighted by molar-refractivity contribution is 5.01. The van der Waals surface area contributed by atoms with Gasteiger partial charge in [-0.1, -0.05) is 19.3 Å². The summed E-state index contributed by atoms with van der Waals surface area (Å²) in [4.78, 5) is 7.95. The summed E-state index contributed by atoms with van der Waals surface area (Å²) in [6.45, 7) is 2.51. The molecule has 0 aliphatic heterocycles. The predicted octanol–water partition coefficient (Wildman–Crippen LogP) is 1.92. The van der Waals surface area contributed by atoms with Crippen molar-refractivity contribution in [2.75, 3.05) is 13.2 Å². The summed E-state index contributed by atoms with van der Waals surface area (Å²) >= 11 is 0. The second kappa shape index (κ2) is 7.35. The first-order valence-corrected chi connectivity index (χ1v) is 6.51. The normalized spacial score (nSPS) is 17.2. The van der Waals surface area contributed by atoms with E-state index < -0.39 is 0 Å². The summed E-state index contributed by atoms with van der Waals surface area (Å²) in [5, 5.41) is 3.34. The Labute approximate surface area is 103 Å². The molecule has 94 valence electrons. The third-order valence-corrected chi connectivity index (χ3v) is 3.13. The summed E-state index contributed by atoms with van der Waals surface area (Å²) < 4.78 is 5.83. The van der Waals surface area contributed by atoms with Crippen LogP contribution < -0.4 is 5.32 Å². The molecule has 0 radical (unpaired) electrons. The Balaban J connectivity index is 1.51. The van der Waals surface area contributed by atoms with Gasteiger partial charge in [0.25, 0.3) is 0 Å². The number of hydrogen-bond acceptors (Lipinski definition) is 4. The zero-order valence-electron chi connectivity index (χ0n) is 10.3. The molecule has 1 saturated carbocycles. The van der Waals surface area contributed by atoms with Crippen LogP contribution in [0.3, 0.4) is 0 Å². The lowest BCUT2D eigenvalue weighted by atomic mass is 9.98. The van der Waals surface area contributed by atoms with E-state index in [1.54, 1.807) is 6.33 Å². The molecule has 0 bridgehead atoms. The molecule has 2 rings (SSSR count). The summed E-state index contributed by atoms with van der Waals surface area (Å²) in [5.41, 5.74) is 1.12. The van der Waals surface area contributed by atoms with Crippen molar-refractivity contribution in [2.24, 2.45) is 0 Å².